The maximum atomic E-state index is 13.0. The lowest BCUT2D eigenvalue weighted by molar-refractivity contribution is -0.116. The predicted octanol–water partition coefficient (Wildman–Crippen LogP) is 0.931. The molecule has 162 valence electrons. The normalized spacial score (nSPS) is 17.0. The smallest absolute Gasteiger partial charge is 0.246 e. The molecular weight excluding hydrogens is 412 g/mol. The number of rotatable bonds is 5. The second-order valence-electron chi connectivity index (χ2n) is 7.08. The predicted molar refractivity (Wildman–Crippen MR) is 107 cm³/mol. The molecule has 2 aliphatic rings. The van der Waals surface area contributed by atoms with Crippen LogP contribution in [0, 0.1) is 13.8 Å². The Morgan fingerprint density at radius 3 is 2.53 bits per heavy atom. The Morgan fingerprint density at radius 2 is 1.80 bits per heavy atom. The van der Waals surface area contributed by atoms with Crippen molar-refractivity contribution in [2.45, 2.75) is 25.3 Å². The summed E-state index contributed by atoms with van der Waals surface area (Å²) in [6.45, 7) is 5.46. The van der Waals surface area contributed by atoms with Crippen LogP contribution < -0.4 is 14.8 Å². The van der Waals surface area contributed by atoms with E-state index in [0.29, 0.717) is 68.1 Å². The molecule has 0 saturated carbocycles. The largest absolute Gasteiger partial charge is 0.486 e. The number of carbonyl (C=O) groups excluding carboxylic acids is 1. The average molecular weight is 436 g/mol. The van der Waals surface area contributed by atoms with Gasteiger partial charge in [-0.1, -0.05) is 0 Å². The number of anilines is 1. The third kappa shape index (κ3) is 4.00. The maximum absolute atomic E-state index is 13.0. The molecule has 30 heavy (non-hydrogen) atoms. The van der Waals surface area contributed by atoms with Crippen molar-refractivity contribution >= 4 is 21.6 Å². The molecule has 3 heterocycles. The van der Waals surface area contributed by atoms with Crippen LogP contribution >= 0.6 is 0 Å². The van der Waals surface area contributed by atoms with Crippen molar-refractivity contribution in [2.75, 3.05) is 44.8 Å². The van der Waals surface area contributed by atoms with Crippen LogP contribution in [0.5, 0.6) is 11.5 Å². The van der Waals surface area contributed by atoms with Gasteiger partial charge in [0.1, 0.15) is 24.7 Å². The van der Waals surface area contributed by atoms with Crippen molar-refractivity contribution in [3.8, 4) is 11.5 Å². The fourth-order valence-corrected chi connectivity index (χ4v) is 5.36. The summed E-state index contributed by atoms with van der Waals surface area (Å²) < 4.78 is 45.1. The van der Waals surface area contributed by atoms with Crippen molar-refractivity contribution in [3.63, 3.8) is 0 Å². The van der Waals surface area contributed by atoms with Gasteiger partial charge in [0.25, 0.3) is 0 Å². The number of aromatic nitrogens is 2. The molecule has 1 saturated heterocycles. The Bertz CT molecular complexity index is 1060. The standard InChI is InChI=1S/C19H24N4O6S/c1-13-19(30(25,26)22-5-7-27-8-6-22)14(2)23(21-13)12-18(24)20-15-3-4-16-17(11-15)29-10-9-28-16/h3-4,11H,5-10,12H2,1-2H3,(H,20,24). The number of sulfonamides is 1. The zero-order valence-corrected chi connectivity index (χ0v) is 17.7. The quantitative estimate of drug-likeness (QED) is 0.742. The third-order valence-corrected chi connectivity index (χ3v) is 7.15. The molecule has 2 aromatic rings. The molecule has 0 atom stereocenters. The first-order valence-electron chi connectivity index (χ1n) is 9.67. The summed E-state index contributed by atoms with van der Waals surface area (Å²) in [5.41, 5.74) is 1.36. The molecule has 1 fully saturated rings. The van der Waals surface area contributed by atoms with Crippen LogP contribution in [-0.2, 0) is 26.1 Å². The number of hydrogen-bond donors (Lipinski definition) is 1. The van der Waals surface area contributed by atoms with Crippen LogP contribution in [0.1, 0.15) is 11.4 Å². The highest BCUT2D eigenvalue weighted by molar-refractivity contribution is 7.89. The topological polar surface area (TPSA) is 112 Å². The van der Waals surface area contributed by atoms with Gasteiger partial charge in [-0.05, 0) is 26.0 Å². The van der Waals surface area contributed by atoms with E-state index in [2.05, 4.69) is 10.4 Å². The van der Waals surface area contributed by atoms with Crippen LogP contribution in [0.15, 0.2) is 23.1 Å². The lowest BCUT2D eigenvalue weighted by Gasteiger charge is -2.26. The molecule has 10 nitrogen and oxygen atoms in total. The summed E-state index contributed by atoms with van der Waals surface area (Å²) >= 11 is 0. The molecule has 0 radical (unpaired) electrons. The highest BCUT2D eigenvalue weighted by Gasteiger charge is 2.32. The number of carbonyl (C=O) groups is 1. The minimum Gasteiger partial charge on any atom is -0.486 e. The van der Waals surface area contributed by atoms with Crippen molar-refractivity contribution < 1.29 is 27.4 Å². The van der Waals surface area contributed by atoms with Gasteiger partial charge < -0.3 is 19.5 Å². The molecular formula is C19H24N4O6S. The van der Waals surface area contributed by atoms with E-state index in [1.165, 1.54) is 8.99 Å². The molecule has 1 aromatic heterocycles. The van der Waals surface area contributed by atoms with E-state index in [4.69, 9.17) is 14.2 Å². The van der Waals surface area contributed by atoms with Gasteiger partial charge in [-0.3, -0.25) is 9.48 Å². The average Bonchev–Trinajstić information content (AvgIpc) is 3.02. The van der Waals surface area contributed by atoms with Crippen molar-refractivity contribution in [2.24, 2.45) is 0 Å². The number of benzene rings is 1. The molecule has 0 unspecified atom stereocenters. The van der Waals surface area contributed by atoms with E-state index in [-0.39, 0.29) is 17.3 Å². The van der Waals surface area contributed by atoms with Crippen molar-refractivity contribution in [1.82, 2.24) is 14.1 Å². The molecule has 11 heteroatoms. The molecule has 0 aliphatic carbocycles. The van der Waals surface area contributed by atoms with Gasteiger partial charge in [0.15, 0.2) is 11.5 Å². The fourth-order valence-electron chi connectivity index (χ4n) is 3.58. The van der Waals surface area contributed by atoms with Crippen LogP contribution in [0.25, 0.3) is 0 Å². The molecule has 2 aliphatic heterocycles. The second-order valence-corrected chi connectivity index (χ2v) is 8.96. The molecule has 1 aromatic carbocycles. The van der Waals surface area contributed by atoms with E-state index in [1.54, 1.807) is 32.0 Å². The van der Waals surface area contributed by atoms with E-state index in [9.17, 15) is 13.2 Å². The Labute approximate surface area is 174 Å². The Balaban J connectivity index is 1.50. The van der Waals surface area contributed by atoms with Gasteiger partial charge in [-0.25, -0.2) is 8.42 Å². The minimum atomic E-state index is -3.70. The van der Waals surface area contributed by atoms with E-state index < -0.39 is 10.0 Å². The summed E-state index contributed by atoms with van der Waals surface area (Å²) in [7, 11) is -3.70. The first-order valence-corrected chi connectivity index (χ1v) is 11.1. The SMILES string of the molecule is Cc1nn(CC(=O)Nc2ccc3c(c2)OCCO3)c(C)c1S(=O)(=O)N1CCOCC1. The Kier molecular flexibility index (Phi) is 5.67. The summed E-state index contributed by atoms with van der Waals surface area (Å²) in [6, 6.07) is 5.16. The molecule has 0 bridgehead atoms. The molecule has 4 rings (SSSR count). The lowest BCUT2D eigenvalue weighted by atomic mass is 10.2. The van der Waals surface area contributed by atoms with Gasteiger partial charge in [-0.15, -0.1) is 0 Å². The zero-order chi connectivity index (χ0) is 21.3. The number of morpholine rings is 1. The fraction of sp³-hybridized carbons (Fsp3) is 0.474. The summed E-state index contributed by atoms with van der Waals surface area (Å²) in [6.07, 6.45) is 0. The Hall–Kier alpha value is -2.63. The van der Waals surface area contributed by atoms with Crippen LogP contribution in [0.4, 0.5) is 5.69 Å². The monoisotopic (exact) mass is 436 g/mol. The number of hydrogen-bond acceptors (Lipinski definition) is 7. The van der Waals surface area contributed by atoms with Gasteiger partial charge in [0, 0.05) is 24.8 Å². The van der Waals surface area contributed by atoms with Crippen LogP contribution in [0.3, 0.4) is 0 Å². The van der Waals surface area contributed by atoms with Crippen molar-refractivity contribution in [3.05, 3.63) is 29.6 Å². The minimum absolute atomic E-state index is 0.111. The number of amides is 1. The van der Waals surface area contributed by atoms with Crippen LogP contribution in [-0.4, -0.2) is 67.9 Å². The zero-order valence-electron chi connectivity index (χ0n) is 16.9. The van der Waals surface area contributed by atoms with Gasteiger partial charge in [0.05, 0.1) is 24.6 Å². The van der Waals surface area contributed by atoms with Crippen LogP contribution in [0.2, 0.25) is 0 Å². The number of ether oxygens (including phenoxy) is 3. The summed E-state index contributed by atoms with van der Waals surface area (Å²) in [4.78, 5) is 12.7. The molecule has 1 N–H and O–H groups in total. The molecule has 1 amide bonds. The Morgan fingerprint density at radius 1 is 1.10 bits per heavy atom. The summed E-state index contributed by atoms with van der Waals surface area (Å²) in [5.74, 6) is 0.882. The summed E-state index contributed by atoms with van der Waals surface area (Å²) in [5, 5.41) is 7.08. The number of fused-ring (bicyclic) bond motifs is 1. The van der Waals surface area contributed by atoms with E-state index >= 15 is 0 Å². The highest BCUT2D eigenvalue weighted by atomic mass is 32.2. The van der Waals surface area contributed by atoms with Gasteiger partial charge in [0.2, 0.25) is 15.9 Å². The number of nitrogens with one attached hydrogen (secondary N) is 1. The van der Waals surface area contributed by atoms with Crippen molar-refractivity contribution in [1.29, 1.82) is 0 Å². The molecule has 0 spiro atoms. The maximum Gasteiger partial charge on any atom is 0.246 e. The third-order valence-electron chi connectivity index (χ3n) is 5.00. The van der Waals surface area contributed by atoms with E-state index in [1.807, 2.05) is 0 Å². The number of aryl methyl sites for hydroxylation is 1. The lowest BCUT2D eigenvalue weighted by Crippen LogP contribution is -2.41. The first kappa shape index (κ1) is 20.6. The van der Waals surface area contributed by atoms with Gasteiger partial charge in [-0.2, -0.15) is 9.40 Å². The first-order chi connectivity index (χ1) is 14.4. The number of nitrogens with zero attached hydrogens (tertiary/aromatic N) is 3. The highest BCUT2D eigenvalue weighted by Crippen LogP contribution is 2.32. The second kappa shape index (κ2) is 8.25. The van der Waals surface area contributed by atoms with E-state index in [0.717, 1.165) is 0 Å². The van der Waals surface area contributed by atoms with Gasteiger partial charge >= 0.3 is 0 Å².